The number of hydrogen-bond acceptors (Lipinski definition) is 1. The third kappa shape index (κ3) is 5.93. The Morgan fingerprint density at radius 1 is 0.897 bits per heavy atom. The molecule has 1 unspecified atom stereocenters. The van der Waals surface area contributed by atoms with Gasteiger partial charge in [0.2, 0.25) is 0 Å². The van der Waals surface area contributed by atoms with Crippen LogP contribution in [0.2, 0.25) is 0 Å². The van der Waals surface area contributed by atoms with E-state index >= 15 is 0 Å². The second kappa shape index (κ2) is 11.5. The summed E-state index contributed by atoms with van der Waals surface area (Å²) in [7, 11) is 0. The molecule has 1 atom stereocenters. The fourth-order valence-electron chi connectivity index (χ4n) is 5.38. The summed E-state index contributed by atoms with van der Waals surface area (Å²) in [6.45, 7) is 7.03. The molecule has 1 heterocycles. The lowest BCUT2D eigenvalue weighted by Crippen LogP contribution is -2.20. The molecular weight excluding hydrogens is 350 g/mol. The van der Waals surface area contributed by atoms with Crippen molar-refractivity contribution in [1.82, 2.24) is 4.98 Å². The number of aromatic nitrogens is 1. The van der Waals surface area contributed by atoms with E-state index in [-0.39, 0.29) is 0 Å². The largest absolute Gasteiger partial charge is 0.264 e. The molecule has 1 aromatic heterocycles. The predicted octanol–water partition coefficient (Wildman–Crippen LogP) is 8.58. The maximum absolute atomic E-state index is 4.54. The Labute approximate surface area is 179 Å². The summed E-state index contributed by atoms with van der Waals surface area (Å²) in [5, 5.41) is 0. The first-order valence-electron chi connectivity index (χ1n) is 12.3. The summed E-state index contributed by atoms with van der Waals surface area (Å²) in [4.78, 5) is 4.54. The summed E-state index contributed by atoms with van der Waals surface area (Å²) < 4.78 is 0. The van der Waals surface area contributed by atoms with Gasteiger partial charge in [0.05, 0.1) is 0 Å². The van der Waals surface area contributed by atoms with Crippen LogP contribution in [0.3, 0.4) is 0 Å². The second-order valence-electron chi connectivity index (χ2n) is 9.29. The van der Waals surface area contributed by atoms with Gasteiger partial charge in [0.25, 0.3) is 0 Å². The molecule has 1 saturated carbocycles. The fourth-order valence-corrected chi connectivity index (χ4v) is 5.38. The van der Waals surface area contributed by atoms with Gasteiger partial charge in [-0.25, -0.2) is 0 Å². The minimum atomic E-state index is 0.592. The van der Waals surface area contributed by atoms with Gasteiger partial charge in [-0.2, -0.15) is 0 Å². The van der Waals surface area contributed by atoms with Crippen molar-refractivity contribution in [3.8, 4) is 11.1 Å². The first-order chi connectivity index (χ1) is 14.2. The van der Waals surface area contributed by atoms with E-state index in [4.69, 9.17) is 0 Å². The maximum atomic E-state index is 4.54. The Balaban J connectivity index is 1.68. The van der Waals surface area contributed by atoms with Crippen LogP contribution < -0.4 is 0 Å². The van der Waals surface area contributed by atoms with Crippen LogP contribution in [0.4, 0.5) is 0 Å². The molecule has 1 nitrogen and oxygen atoms in total. The van der Waals surface area contributed by atoms with Gasteiger partial charge in [-0.05, 0) is 65.3 Å². The van der Waals surface area contributed by atoms with Crippen molar-refractivity contribution in [3.05, 3.63) is 53.9 Å². The summed E-state index contributed by atoms with van der Waals surface area (Å²) in [5.41, 5.74) is 5.77. The molecule has 1 aliphatic carbocycles. The topological polar surface area (TPSA) is 12.9 Å². The Morgan fingerprint density at radius 2 is 1.69 bits per heavy atom. The van der Waals surface area contributed by atoms with Crippen molar-refractivity contribution in [2.45, 2.75) is 97.3 Å². The predicted molar refractivity (Wildman–Crippen MR) is 126 cm³/mol. The van der Waals surface area contributed by atoms with E-state index in [0.29, 0.717) is 5.92 Å². The molecule has 2 aromatic rings. The lowest BCUT2D eigenvalue weighted by molar-refractivity contribution is 0.236. The molecule has 0 amide bonds. The lowest BCUT2D eigenvalue weighted by Gasteiger charge is -2.33. The highest BCUT2D eigenvalue weighted by Crippen LogP contribution is 2.42. The van der Waals surface area contributed by atoms with Gasteiger partial charge < -0.3 is 0 Å². The molecule has 1 aromatic carbocycles. The maximum Gasteiger partial charge on any atom is 0.0308 e. The Bertz CT molecular complexity index is 727. The van der Waals surface area contributed by atoms with Crippen molar-refractivity contribution in [2.75, 3.05) is 0 Å². The van der Waals surface area contributed by atoms with Crippen LogP contribution >= 0.6 is 0 Å². The molecule has 29 heavy (non-hydrogen) atoms. The van der Waals surface area contributed by atoms with Gasteiger partial charge in [0, 0.05) is 12.4 Å². The molecule has 0 spiro atoms. The van der Waals surface area contributed by atoms with E-state index in [9.17, 15) is 0 Å². The molecule has 1 aliphatic rings. The molecule has 0 bridgehead atoms. The first kappa shape index (κ1) is 22.1. The van der Waals surface area contributed by atoms with Crippen LogP contribution in [0.1, 0.15) is 102 Å². The smallest absolute Gasteiger partial charge is 0.0308 e. The average molecular weight is 392 g/mol. The fraction of sp³-hybridized carbons (Fsp3) is 0.607. The highest BCUT2D eigenvalue weighted by Gasteiger charge is 2.27. The van der Waals surface area contributed by atoms with E-state index in [1.807, 2.05) is 6.20 Å². The van der Waals surface area contributed by atoms with Crippen LogP contribution in [0.25, 0.3) is 11.1 Å². The van der Waals surface area contributed by atoms with Gasteiger partial charge in [-0.1, -0.05) is 96.4 Å². The van der Waals surface area contributed by atoms with Gasteiger partial charge in [0.1, 0.15) is 0 Å². The lowest BCUT2D eigenvalue weighted by atomic mass is 9.72. The van der Waals surface area contributed by atoms with E-state index in [1.54, 1.807) is 0 Å². The number of benzene rings is 1. The SMILES string of the molecule is CCCCCCC1CCC(C(C)c2cnccc2-c2ccccc2CCC)CC1. The van der Waals surface area contributed by atoms with Crippen LogP contribution in [0, 0.1) is 11.8 Å². The summed E-state index contributed by atoms with van der Waals surface area (Å²) in [6, 6.07) is 11.2. The number of pyridine rings is 1. The van der Waals surface area contributed by atoms with Gasteiger partial charge in [0.15, 0.2) is 0 Å². The minimum absolute atomic E-state index is 0.592. The van der Waals surface area contributed by atoms with Crippen molar-refractivity contribution in [1.29, 1.82) is 0 Å². The second-order valence-corrected chi connectivity index (χ2v) is 9.29. The summed E-state index contributed by atoms with van der Waals surface area (Å²) >= 11 is 0. The number of hydrogen-bond donors (Lipinski definition) is 0. The van der Waals surface area contributed by atoms with E-state index < -0.39 is 0 Å². The average Bonchev–Trinajstić information content (AvgIpc) is 2.77. The summed E-state index contributed by atoms with van der Waals surface area (Å²) in [6.07, 6.45) is 19.2. The number of rotatable bonds is 10. The molecule has 0 aliphatic heterocycles. The van der Waals surface area contributed by atoms with Crippen LogP contribution in [0.5, 0.6) is 0 Å². The zero-order valence-electron chi connectivity index (χ0n) is 19.0. The van der Waals surface area contributed by atoms with Gasteiger partial charge in [-0.15, -0.1) is 0 Å². The van der Waals surface area contributed by atoms with E-state index in [0.717, 1.165) is 18.3 Å². The number of nitrogens with zero attached hydrogens (tertiary/aromatic N) is 1. The monoisotopic (exact) mass is 391 g/mol. The third-order valence-electron chi connectivity index (χ3n) is 7.23. The van der Waals surface area contributed by atoms with Crippen molar-refractivity contribution in [2.24, 2.45) is 11.8 Å². The Hall–Kier alpha value is -1.63. The third-order valence-corrected chi connectivity index (χ3v) is 7.23. The quantitative estimate of drug-likeness (QED) is 0.369. The molecular formula is C28H41N. The van der Waals surface area contributed by atoms with Crippen molar-refractivity contribution >= 4 is 0 Å². The van der Waals surface area contributed by atoms with Crippen LogP contribution in [-0.4, -0.2) is 4.98 Å². The molecule has 0 radical (unpaired) electrons. The van der Waals surface area contributed by atoms with E-state index in [2.05, 4.69) is 62.3 Å². The number of unbranched alkanes of at least 4 members (excludes halogenated alkanes) is 3. The molecule has 1 fully saturated rings. The van der Waals surface area contributed by atoms with Crippen LogP contribution in [-0.2, 0) is 6.42 Å². The van der Waals surface area contributed by atoms with Gasteiger partial charge in [-0.3, -0.25) is 4.98 Å². The highest BCUT2D eigenvalue weighted by molar-refractivity contribution is 5.71. The Kier molecular flexibility index (Phi) is 8.77. The normalized spacial score (nSPS) is 20.5. The zero-order valence-corrected chi connectivity index (χ0v) is 19.0. The molecule has 3 rings (SSSR count). The number of aryl methyl sites for hydroxylation is 1. The summed E-state index contributed by atoms with van der Waals surface area (Å²) in [5.74, 6) is 2.38. The van der Waals surface area contributed by atoms with Crippen molar-refractivity contribution in [3.63, 3.8) is 0 Å². The molecule has 0 saturated heterocycles. The minimum Gasteiger partial charge on any atom is -0.264 e. The standard InChI is InChI=1S/C28H41N/c1-4-6-7-8-12-23-15-17-24(18-16-23)22(3)28-21-29-20-19-27(28)26-14-10-9-13-25(26)11-5-2/h9-10,13-14,19-24H,4-8,11-12,15-18H2,1-3H3. The first-order valence-corrected chi connectivity index (χ1v) is 12.3. The molecule has 1 heteroatoms. The zero-order chi connectivity index (χ0) is 20.5. The van der Waals surface area contributed by atoms with Crippen LogP contribution in [0.15, 0.2) is 42.7 Å². The molecule has 158 valence electrons. The van der Waals surface area contributed by atoms with Crippen molar-refractivity contribution < 1.29 is 0 Å². The molecule has 0 N–H and O–H groups in total. The van der Waals surface area contributed by atoms with E-state index in [1.165, 1.54) is 86.5 Å². The highest BCUT2D eigenvalue weighted by atomic mass is 14.6. The van der Waals surface area contributed by atoms with Gasteiger partial charge >= 0.3 is 0 Å². The Morgan fingerprint density at radius 3 is 2.45 bits per heavy atom.